The fraction of sp³-hybridized carbons (Fsp3) is 0.600. The highest BCUT2D eigenvalue weighted by molar-refractivity contribution is 5.47. The normalized spacial score (nSPS) is 17.8. The number of piperazine rings is 1. The third-order valence-electron chi connectivity index (χ3n) is 6.03. The molecule has 3 aromatic rings. The van der Waals surface area contributed by atoms with Crippen LogP contribution in [0.3, 0.4) is 0 Å². The van der Waals surface area contributed by atoms with Crippen molar-refractivity contribution >= 4 is 11.6 Å². The summed E-state index contributed by atoms with van der Waals surface area (Å²) in [5, 5.41) is 4.37. The Labute approximate surface area is 170 Å². The van der Waals surface area contributed by atoms with Crippen molar-refractivity contribution < 1.29 is 4.74 Å². The summed E-state index contributed by atoms with van der Waals surface area (Å²) in [4.78, 5) is 18.5. The van der Waals surface area contributed by atoms with Crippen LogP contribution in [-0.2, 0) is 30.9 Å². The van der Waals surface area contributed by atoms with Gasteiger partial charge < -0.3 is 14.2 Å². The van der Waals surface area contributed by atoms with Gasteiger partial charge in [0.15, 0.2) is 0 Å². The molecular weight excluding hydrogens is 368 g/mol. The van der Waals surface area contributed by atoms with E-state index in [0.29, 0.717) is 12.4 Å². The van der Waals surface area contributed by atoms with Crippen molar-refractivity contribution in [3.05, 3.63) is 35.3 Å². The van der Waals surface area contributed by atoms with Crippen LogP contribution in [0.4, 0.5) is 5.82 Å². The first kappa shape index (κ1) is 18.5. The first-order chi connectivity index (χ1) is 14.2. The van der Waals surface area contributed by atoms with Gasteiger partial charge in [-0.05, 0) is 19.8 Å². The predicted octanol–water partition coefficient (Wildman–Crippen LogP) is 1.43. The largest absolute Gasteiger partial charge is 0.378 e. The van der Waals surface area contributed by atoms with E-state index in [4.69, 9.17) is 9.72 Å². The molecule has 0 amide bonds. The number of methoxy groups -OCH3 is 1. The number of hydrogen-bond donors (Lipinski definition) is 0. The Kier molecular flexibility index (Phi) is 4.92. The molecule has 0 N–H and O–H groups in total. The number of ether oxygens (including phenoxy) is 1. The molecule has 9 heteroatoms. The molecule has 154 valence electrons. The lowest BCUT2D eigenvalue weighted by Gasteiger charge is -2.36. The van der Waals surface area contributed by atoms with E-state index >= 15 is 0 Å². The lowest BCUT2D eigenvalue weighted by Crippen LogP contribution is -2.47. The van der Waals surface area contributed by atoms with E-state index in [2.05, 4.69) is 42.4 Å². The van der Waals surface area contributed by atoms with E-state index in [1.807, 2.05) is 4.52 Å². The first-order valence-corrected chi connectivity index (χ1v) is 10.4. The summed E-state index contributed by atoms with van der Waals surface area (Å²) in [6.07, 6.45) is 5.21. The number of rotatable bonds is 5. The molecule has 0 atom stereocenters. The molecule has 5 rings (SSSR count). The topological polar surface area (TPSA) is 76.6 Å². The van der Waals surface area contributed by atoms with Crippen LogP contribution in [0.2, 0.25) is 0 Å². The van der Waals surface area contributed by atoms with Crippen LogP contribution in [-0.4, -0.2) is 67.3 Å². The van der Waals surface area contributed by atoms with E-state index in [-0.39, 0.29) is 0 Å². The number of imidazole rings is 1. The average Bonchev–Trinajstić information content (AvgIpc) is 3.33. The average molecular weight is 396 g/mol. The molecule has 0 unspecified atom stereocenters. The van der Waals surface area contributed by atoms with Crippen LogP contribution in [0, 0.1) is 6.92 Å². The van der Waals surface area contributed by atoms with Gasteiger partial charge in [-0.15, -0.1) is 0 Å². The number of aryl methyl sites for hydroxylation is 2. The SMILES string of the molecule is COCc1cc(N2CCN(Cc3c(C)nc4n3CCCC4)CC2)n2ncnc2n1. The second-order valence-electron chi connectivity index (χ2n) is 7.94. The van der Waals surface area contributed by atoms with Gasteiger partial charge in [0.1, 0.15) is 18.0 Å². The van der Waals surface area contributed by atoms with E-state index in [1.54, 1.807) is 13.4 Å². The zero-order valence-electron chi connectivity index (χ0n) is 17.2. The van der Waals surface area contributed by atoms with Gasteiger partial charge in [0.2, 0.25) is 0 Å². The van der Waals surface area contributed by atoms with Crippen LogP contribution >= 0.6 is 0 Å². The zero-order valence-corrected chi connectivity index (χ0v) is 17.2. The lowest BCUT2D eigenvalue weighted by molar-refractivity contribution is 0.181. The molecule has 0 spiro atoms. The maximum atomic E-state index is 5.27. The second kappa shape index (κ2) is 7.72. The fourth-order valence-electron chi connectivity index (χ4n) is 4.52. The first-order valence-electron chi connectivity index (χ1n) is 10.4. The standard InChI is InChI=1S/C20H28N8O/c1-15-17(27-6-4-3-5-18(27)23-15)12-25-7-9-26(10-8-25)19-11-16(13-29-2)24-20-21-14-22-28(19)20/h11,14H,3-10,12-13H2,1-2H3. The van der Waals surface area contributed by atoms with Crippen molar-refractivity contribution in [1.29, 1.82) is 0 Å². The highest BCUT2D eigenvalue weighted by atomic mass is 16.5. The summed E-state index contributed by atoms with van der Waals surface area (Å²) in [6, 6.07) is 2.07. The number of anilines is 1. The molecule has 2 aliphatic rings. The Balaban J connectivity index is 1.31. The Morgan fingerprint density at radius 1 is 1.07 bits per heavy atom. The van der Waals surface area contributed by atoms with Gasteiger partial charge >= 0.3 is 0 Å². The fourth-order valence-corrected chi connectivity index (χ4v) is 4.52. The Morgan fingerprint density at radius 2 is 1.93 bits per heavy atom. The summed E-state index contributed by atoms with van der Waals surface area (Å²) < 4.78 is 9.56. The van der Waals surface area contributed by atoms with Gasteiger partial charge in [-0.3, -0.25) is 4.90 Å². The van der Waals surface area contributed by atoms with Crippen LogP contribution in [0.5, 0.6) is 0 Å². The number of fused-ring (bicyclic) bond motifs is 2. The monoisotopic (exact) mass is 396 g/mol. The van der Waals surface area contributed by atoms with E-state index in [0.717, 1.165) is 57.2 Å². The predicted molar refractivity (Wildman–Crippen MR) is 109 cm³/mol. The molecule has 5 heterocycles. The molecule has 1 saturated heterocycles. The minimum Gasteiger partial charge on any atom is -0.378 e. The lowest BCUT2D eigenvalue weighted by atomic mass is 10.1. The zero-order chi connectivity index (χ0) is 19.8. The van der Waals surface area contributed by atoms with Crippen molar-refractivity contribution in [3.8, 4) is 0 Å². The maximum absolute atomic E-state index is 5.27. The summed E-state index contributed by atoms with van der Waals surface area (Å²) in [6.45, 7) is 8.66. The van der Waals surface area contributed by atoms with Gasteiger partial charge in [0, 0.05) is 58.9 Å². The Bertz CT molecular complexity index is 1000. The minimum atomic E-state index is 0.474. The van der Waals surface area contributed by atoms with E-state index < -0.39 is 0 Å². The van der Waals surface area contributed by atoms with Gasteiger partial charge in [0.25, 0.3) is 5.78 Å². The molecule has 0 saturated carbocycles. The van der Waals surface area contributed by atoms with Crippen molar-refractivity contribution in [1.82, 2.24) is 34.0 Å². The molecular formula is C20H28N8O. The maximum Gasteiger partial charge on any atom is 0.254 e. The van der Waals surface area contributed by atoms with Crippen molar-refractivity contribution in [2.75, 3.05) is 38.2 Å². The highest BCUT2D eigenvalue weighted by Gasteiger charge is 2.24. The molecule has 0 aliphatic carbocycles. The summed E-state index contributed by atoms with van der Waals surface area (Å²) in [5.41, 5.74) is 3.48. The van der Waals surface area contributed by atoms with Crippen LogP contribution < -0.4 is 4.90 Å². The van der Waals surface area contributed by atoms with Crippen LogP contribution in [0.1, 0.15) is 35.7 Å². The molecule has 0 radical (unpaired) electrons. The van der Waals surface area contributed by atoms with Crippen LogP contribution in [0.15, 0.2) is 12.4 Å². The third kappa shape index (κ3) is 3.49. The van der Waals surface area contributed by atoms with Gasteiger partial charge in [0.05, 0.1) is 23.7 Å². The highest BCUT2D eigenvalue weighted by Crippen LogP contribution is 2.23. The second-order valence-corrected chi connectivity index (χ2v) is 7.94. The molecule has 0 aromatic carbocycles. The van der Waals surface area contributed by atoms with E-state index in [9.17, 15) is 0 Å². The molecule has 29 heavy (non-hydrogen) atoms. The van der Waals surface area contributed by atoms with Crippen molar-refractivity contribution in [2.45, 2.75) is 45.9 Å². The van der Waals surface area contributed by atoms with Crippen LogP contribution in [0.25, 0.3) is 5.78 Å². The molecule has 2 aliphatic heterocycles. The van der Waals surface area contributed by atoms with E-state index in [1.165, 1.54) is 30.1 Å². The molecule has 3 aromatic heterocycles. The van der Waals surface area contributed by atoms with Crippen molar-refractivity contribution in [3.63, 3.8) is 0 Å². The minimum absolute atomic E-state index is 0.474. The Morgan fingerprint density at radius 3 is 2.76 bits per heavy atom. The van der Waals surface area contributed by atoms with Gasteiger partial charge in [-0.2, -0.15) is 14.6 Å². The van der Waals surface area contributed by atoms with Gasteiger partial charge in [-0.1, -0.05) is 0 Å². The van der Waals surface area contributed by atoms with Gasteiger partial charge in [-0.25, -0.2) is 9.97 Å². The smallest absolute Gasteiger partial charge is 0.254 e. The third-order valence-corrected chi connectivity index (χ3v) is 6.03. The quantitative estimate of drug-likeness (QED) is 0.646. The Hall–Kier alpha value is -2.52. The number of hydrogen-bond acceptors (Lipinski definition) is 7. The summed E-state index contributed by atoms with van der Waals surface area (Å²) in [7, 11) is 1.69. The summed E-state index contributed by atoms with van der Waals surface area (Å²) in [5.74, 6) is 2.94. The number of aromatic nitrogens is 6. The molecule has 9 nitrogen and oxygen atoms in total. The number of nitrogens with zero attached hydrogens (tertiary/aromatic N) is 8. The molecule has 0 bridgehead atoms. The van der Waals surface area contributed by atoms with Crippen molar-refractivity contribution in [2.24, 2.45) is 0 Å². The molecule has 1 fully saturated rings. The summed E-state index contributed by atoms with van der Waals surface area (Å²) >= 11 is 0.